The van der Waals surface area contributed by atoms with Gasteiger partial charge in [0.05, 0.1) is 39.7 Å². The average molecular weight is 321 g/mol. The molecule has 2 amide bonds. The standard InChI is InChI=1S/C14H9ClN2O5/c15-7-2-1-6(17(20)21)5-8(7)16-13(18)11-9-3-4-10(22-9)12(11)14(16)19/h1-5,9-12H. The zero-order chi connectivity index (χ0) is 15.6. The van der Waals surface area contributed by atoms with Crippen LogP contribution in [0.5, 0.6) is 0 Å². The van der Waals surface area contributed by atoms with E-state index in [1.165, 1.54) is 12.1 Å². The maximum Gasteiger partial charge on any atom is 0.271 e. The van der Waals surface area contributed by atoms with Crippen molar-refractivity contribution < 1.29 is 19.2 Å². The Bertz CT molecular complexity index is 732. The molecule has 4 rings (SSSR count). The van der Waals surface area contributed by atoms with E-state index < -0.39 is 40.8 Å². The molecule has 0 aliphatic carbocycles. The fraction of sp³-hybridized carbons (Fsp3) is 0.286. The smallest absolute Gasteiger partial charge is 0.271 e. The van der Waals surface area contributed by atoms with Crippen molar-refractivity contribution in [2.75, 3.05) is 4.90 Å². The quantitative estimate of drug-likeness (QED) is 0.358. The number of non-ortho nitro benzene ring substituents is 1. The van der Waals surface area contributed by atoms with Gasteiger partial charge in [-0.1, -0.05) is 23.8 Å². The molecule has 22 heavy (non-hydrogen) atoms. The molecule has 1 aromatic carbocycles. The normalized spacial score (nSPS) is 32.0. The Kier molecular flexibility index (Phi) is 2.67. The topological polar surface area (TPSA) is 89.8 Å². The van der Waals surface area contributed by atoms with Crippen molar-refractivity contribution in [2.24, 2.45) is 11.8 Å². The Hall–Kier alpha value is -2.25. The molecule has 0 spiro atoms. The second-order valence-corrected chi connectivity index (χ2v) is 5.81. The number of halogens is 1. The summed E-state index contributed by atoms with van der Waals surface area (Å²) in [6.07, 6.45) is 2.73. The summed E-state index contributed by atoms with van der Waals surface area (Å²) in [7, 11) is 0. The second-order valence-electron chi connectivity index (χ2n) is 5.41. The molecule has 112 valence electrons. The lowest BCUT2D eigenvalue weighted by Crippen LogP contribution is -2.34. The number of ether oxygens (including phenoxy) is 1. The number of carbonyl (C=O) groups is 2. The maximum absolute atomic E-state index is 12.6. The summed E-state index contributed by atoms with van der Waals surface area (Å²) < 4.78 is 5.54. The van der Waals surface area contributed by atoms with Gasteiger partial charge in [-0.2, -0.15) is 0 Å². The number of nitrogens with zero attached hydrogens (tertiary/aromatic N) is 2. The van der Waals surface area contributed by atoms with Gasteiger partial charge in [-0.25, -0.2) is 4.90 Å². The van der Waals surface area contributed by atoms with Crippen LogP contribution in [0.15, 0.2) is 30.4 Å². The molecule has 8 heteroatoms. The Morgan fingerprint density at radius 3 is 2.27 bits per heavy atom. The van der Waals surface area contributed by atoms with Gasteiger partial charge in [-0.3, -0.25) is 19.7 Å². The van der Waals surface area contributed by atoms with Gasteiger partial charge in [0.1, 0.15) is 0 Å². The van der Waals surface area contributed by atoms with Crippen molar-refractivity contribution >= 4 is 34.8 Å². The summed E-state index contributed by atoms with van der Waals surface area (Å²) in [5.74, 6) is -1.99. The molecule has 1 aromatic rings. The highest BCUT2D eigenvalue weighted by atomic mass is 35.5. The van der Waals surface area contributed by atoms with E-state index in [0.29, 0.717) is 0 Å². The van der Waals surface area contributed by atoms with Gasteiger partial charge in [0.25, 0.3) is 5.69 Å². The largest absolute Gasteiger partial charge is 0.365 e. The predicted molar refractivity (Wildman–Crippen MR) is 75.4 cm³/mol. The molecule has 2 bridgehead atoms. The van der Waals surface area contributed by atoms with Crippen molar-refractivity contribution in [1.82, 2.24) is 0 Å². The minimum Gasteiger partial charge on any atom is -0.365 e. The third-order valence-corrected chi connectivity index (χ3v) is 4.61. The molecule has 2 fully saturated rings. The summed E-state index contributed by atoms with van der Waals surface area (Å²) in [6, 6.07) is 3.69. The van der Waals surface area contributed by atoms with Crippen LogP contribution in [0.3, 0.4) is 0 Å². The highest BCUT2D eigenvalue weighted by Gasteiger charge is 2.61. The van der Waals surface area contributed by atoms with E-state index in [1.807, 2.05) is 0 Å². The number of nitro groups is 1. The minimum absolute atomic E-state index is 0.0552. The summed E-state index contributed by atoms with van der Waals surface area (Å²) in [6.45, 7) is 0. The number of rotatable bonds is 2. The van der Waals surface area contributed by atoms with Crippen LogP contribution in [-0.4, -0.2) is 28.9 Å². The van der Waals surface area contributed by atoms with Gasteiger partial charge in [-0.05, 0) is 6.07 Å². The number of anilines is 1. The van der Waals surface area contributed by atoms with E-state index in [0.717, 1.165) is 11.0 Å². The predicted octanol–water partition coefficient (Wildman–Crippen LogP) is 1.69. The molecular formula is C14H9ClN2O5. The molecule has 0 radical (unpaired) electrons. The first kappa shape index (κ1) is 13.4. The van der Waals surface area contributed by atoms with E-state index in [4.69, 9.17) is 16.3 Å². The van der Waals surface area contributed by atoms with Crippen LogP contribution in [0.2, 0.25) is 5.02 Å². The first-order valence-electron chi connectivity index (χ1n) is 6.64. The molecule has 0 N–H and O–H groups in total. The highest BCUT2D eigenvalue weighted by Crippen LogP contribution is 2.47. The molecule has 2 saturated heterocycles. The summed E-state index contributed by atoms with van der Waals surface area (Å²) in [4.78, 5) is 36.4. The third-order valence-electron chi connectivity index (χ3n) is 4.29. The SMILES string of the molecule is O=C1C2C3C=CC(O3)C2C(=O)N1c1cc([N+](=O)[O-])ccc1Cl. The van der Waals surface area contributed by atoms with Crippen LogP contribution >= 0.6 is 11.6 Å². The van der Waals surface area contributed by atoms with Gasteiger partial charge in [0.2, 0.25) is 11.8 Å². The Morgan fingerprint density at radius 1 is 1.14 bits per heavy atom. The van der Waals surface area contributed by atoms with Crippen LogP contribution in [0.4, 0.5) is 11.4 Å². The highest BCUT2D eigenvalue weighted by molar-refractivity contribution is 6.36. The van der Waals surface area contributed by atoms with Crippen LogP contribution in [0.25, 0.3) is 0 Å². The Morgan fingerprint density at radius 2 is 1.73 bits per heavy atom. The zero-order valence-electron chi connectivity index (χ0n) is 11.0. The van der Waals surface area contributed by atoms with Crippen molar-refractivity contribution in [3.8, 4) is 0 Å². The van der Waals surface area contributed by atoms with E-state index in [9.17, 15) is 19.7 Å². The number of hydrogen-bond acceptors (Lipinski definition) is 5. The number of imide groups is 1. The molecule has 4 unspecified atom stereocenters. The van der Waals surface area contributed by atoms with Gasteiger partial charge in [0, 0.05) is 12.1 Å². The van der Waals surface area contributed by atoms with E-state index >= 15 is 0 Å². The summed E-state index contributed by atoms with van der Waals surface area (Å²) in [5.41, 5.74) is -0.172. The fourth-order valence-electron chi connectivity index (χ4n) is 3.33. The molecule has 7 nitrogen and oxygen atoms in total. The minimum atomic E-state index is -0.597. The molecular weight excluding hydrogens is 312 g/mol. The third kappa shape index (κ3) is 1.60. The van der Waals surface area contributed by atoms with Crippen LogP contribution < -0.4 is 4.90 Å². The maximum atomic E-state index is 12.6. The number of amides is 2. The molecule has 4 atom stereocenters. The number of hydrogen-bond donors (Lipinski definition) is 0. The number of benzene rings is 1. The summed E-state index contributed by atoms with van der Waals surface area (Å²) in [5, 5.41) is 11.0. The zero-order valence-corrected chi connectivity index (χ0v) is 11.8. The Labute approximate surface area is 129 Å². The van der Waals surface area contributed by atoms with Crippen LogP contribution in [0.1, 0.15) is 0 Å². The van der Waals surface area contributed by atoms with E-state index in [-0.39, 0.29) is 16.4 Å². The number of fused-ring (bicyclic) bond motifs is 5. The lowest BCUT2D eigenvalue weighted by atomic mass is 9.85. The molecule has 0 saturated carbocycles. The van der Waals surface area contributed by atoms with Gasteiger partial charge >= 0.3 is 0 Å². The van der Waals surface area contributed by atoms with E-state index in [1.54, 1.807) is 12.2 Å². The van der Waals surface area contributed by atoms with Crippen molar-refractivity contribution in [3.05, 3.63) is 45.5 Å². The van der Waals surface area contributed by atoms with Crippen molar-refractivity contribution in [2.45, 2.75) is 12.2 Å². The lowest BCUT2D eigenvalue weighted by molar-refractivity contribution is -0.384. The van der Waals surface area contributed by atoms with Gasteiger partial charge < -0.3 is 4.74 Å². The van der Waals surface area contributed by atoms with Crippen molar-refractivity contribution in [1.29, 1.82) is 0 Å². The molecule has 3 aliphatic heterocycles. The monoisotopic (exact) mass is 320 g/mol. The van der Waals surface area contributed by atoms with Crippen LogP contribution in [-0.2, 0) is 14.3 Å². The first-order chi connectivity index (χ1) is 10.5. The fourth-order valence-corrected chi connectivity index (χ4v) is 3.53. The molecule has 3 aliphatic rings. The van der Waals surface area contributed by atoms with E-state index in [2.05, 4.69) is 0 Å². The Balaban J connectivity index is 1.79. The average Bonchev–Trinajstić information content (AvgIpc) is 3.14. The first-order valence-corrected chi connectivity index (χ1v) is 7.02. The lowest BCUT2D eigenvalue weighted by Gasteiger charge is -2.18. The second kappa shape index (κ2) is 4.37. The number of nitro benzene ring substituents is 1. The molecule has 3 heterocycles. The number of carbonyl (C=O) groups excluding carboxylic acids is 2. The molecule has 0 aromatic heterocycles. The van der Waals surface area contributed by atoms with Crippen LogP contribution in [0, 0.1) is 22.0 Å². The van der Waals surface area contributed by atoms with Crippen molar-refractivity contribution in [3.63, 3.8) is 0 Å². The van der Waals surface area contributed by atoms with Gasteiger partial charge in [-0.15, -0.1) is 0 Å². The van der Waals surface area contributed by atoms with Gasteiger partial charge in [0.15, 0.2) is 0 Å². The summed E-state index contributed by atoms with van der Waals surface area (Å²) >= 11 is 6.04.